The van der Waals surface area contributed by atoms with Crippen LogP contribution >= 0.6 is 0 Å². The van der Waals surface area contributed by atoms with Crippen molar-refractivity contribution in [2.45, 2.75) is 39.8 Å². The van der Waals surface area contributed by atoms with Crippen LogP contribution < -0.4 is 4.90 Å². The van der Waals surface area contributed by atoms with Gasteiger partial charge in [0.05, 0.1) is 12.1 Å². The molecule has 0 aliphatic heterocycles. The van der Waals surface area contributed by atoms with Gasteiger partial charge >= 0.3 is 7.25 Å². The first-order valence-corrected chi connectivity index (χ1v) is 4.69. The van der Waals surface area contributed by atoms with Crippen LogP contribution in [0.25, 0.3) is 0 Å². The molecule has 7 heteroatoms. The molecule has 0 saturated carbocycles. The van der Waals surface area contributed by atoms with Crippen LogP contribution in [0.15, 0.2) is 0 Å². The van der Waals surface area contributed by atoms with E-state index in [4.69, 9.17) is 5.26 Å². The zero-order valence-electron chi connectivity index (χ0n) is 9.40. The Morgan fingerprint density at radius 1 is 1.07 bits per heavy atom. The van der Waals surface area contributed by atoms with Gasteiger partial charge in [-0.05, 0) is 27.7 Å². The van der Waals surface area contributed by atoms with Crippen LogP contribution in [-0.4, -0.2) is 25.9 Å². The highest BCUT2D eigenvalue weighted by molar-refractivity contribution is 6.50. The van der Waals surface area contributed by atoms with E-state index in [9.17, 15) is 17.3 Å². The second-order valence-electron chi connectivity index (χ2n) is 3.71. The van der Waals surface area contributed by atoms with Crippen LogP contribution in [-0.2, 0) is 0 Å². The summed E-state index contributed by atoms with van der Waals surface area (Å²) in [6.07, 6.45) is 0. The Bertz CT molecular complexity index is 184. The maximum absolute atomic E-state index is 9.75. The lowest BCUT2D eigenvalue weighted by atomic mass is 10.2. The number of nitrogens with zero attached hydrogens (tertiary/aromatic N) is 1. The van der Waals surface area contributed by atoms with Crippen molar-refractivity contribution in [3.63, 3.8) is 0 Å². The quantitative estimate of drug-likeness (QED) is 0.442. The zero-order valence-corrected chi connectivity index (χ0v) is 9.40. The summed E-state index contributed by atoms with van der Waals surface area (Å²) in [6.45, 7) is 9.20. The monoisotopic (exact) mass is 228 g/mol. The number of nitriles is 1. The molecule has 0 fully saturated rings. The van der Waals surface area contributed by atoms with E-state index < -0.39 is 7.25 Å². The largest absolute Gasteiger partial charge is 0.673 e. The molecule has 15 heavy (non-hydrogen) atoms. The van der Waals surface area contributed by atoms with Crippen molar-refractivity contribution in [1.82, 2.24) is 0 Å². The van der Waals surface area contributed by atoms with Crippen LogP contribution in [0.2, 0.25) is 0 Å². The fourth-order valence-electron chi connectivity index (χ4n) is 1.17. The Morgan fingerprint density at radius 3 is 1.40 bits per heavy atom. The molecule has 0 unspecified atom stereocenters. The number of hydrogen-bond donors (Lipinski definition) is 1. The molecule has 0 saturated heterocycles. The van der Waals surface area contributed by atoms with Crippen LogP contribution in [0.4, 0.5) is 17.3 Å². The highest BCUT2D eigenvalue weighted by Gasteiger charge is 2.20. The second-order valence-corrected chi connectivity index (χ2v) is 3.71. The molecule has 0 aliphatic rings. The smallest absolute Gasteiger partial charge is 0.418 e. The molecule has 0 atom stereocenters. The SMILES string of the molecule is CC(C)[NH+](CC#N)C(C)C.F[B-](F)(F)F. The van der Waals surface area contributed by atoms with Crippen LogP contribution in [0, 0.1) is 11.3 Å². The summed E-state index contributed by atoms with van der Waals surface area (Å²) in [5, 5.41) is 8.46. The lowest BCUT2D eigenvalue weighted by molar-refractivity contribution is -0.935. The third kappa shape index (κ3) is 15.9. The van der Waals surface area contributed by atoms with Crippen molar-refractivity contribution in [2.75, 3.05) is 6.54 Å². The van der Waals surface area contributed by atoms with Gasteiger partial charge in [-0.25, -0.2) is 0 Å². The summed E-state index contributed by atoms with van der Waals surface area (Å²) < 4.78 is 39.0. The minimum atomic E-state index is -6.00. The lowest BCUT2D eigenvalue weighted by Crippen LogP contribution is -3.17. The molecule has 0 radical (unpaired) electrons. The van der Waals surface area contributed by atoms with Gasteiger partial charge in [0, 0.05) is 0 Å². The molecule has 0 bridgehead atoms. The van der Waals surface area contributed by atoms with Gasteiger partial charge < -0.3 is 22.2 Å². The molecule has 0 rings (SSSR count). The van der Waals surface area contributed by atoms with Crippen molar-refractivity contribution in [3.8, 4) is 6.07 Å². The van der Waals surface area contributed by atoms with Gasteiger partial charge in [0.1, 0.15) is 6.07 Å². The zero-order chi connectivity index (χ0) is 12.6. The van der Waals surface area contributed by atoms with Gasteiger partial charge in [-0.1, -0.05) is 0 Å². The molecular weight excluding hydrogens is 211 g/mol. The molecular formula is C8H17BF4N2. The highest BCUT2D eigenvalue weighted by atomic mass is 19.5. The molecule has 0 spiro atoms. The number of quaternary nitrogens is 1. The van der Waals surface area contributed by atoms with Crippen molar-refractivity contribution >= 4 is 7.25 Å². The molecule has 0 amide bonds. The van der Waals surface area contributed by atoms with E-state index in [-0.39, 0.29) is 0 Å². The standard InChI is InChI=1S/C8H16N2.BF4/c1-7(2)10(6-5-9)8(3)4;2-1(3,4)5/h7-8H,6H2,1-4H3;/q;-1/p+1. The van der Waals surface area contributed by atoms with Gasteiger partial charge in [0.15, 0.2) is 6.54 Å². The Labute approximate surface area is 88.0 Å². The topological polar surface area (TPSA) is 28.2 Å². The molecule has 0 aromatic carbocycles. The second kappa shape index (κ2) is 7.52. The summed E-state index contributed by atoms with van der Waals surface area (Å²) in [4.78, 5) is 1.36. The number of rotatable bonds is 3. The first kappa shape index (κ1) is 16.7. The maximum atomic E-state index is 9.75. The van der Waals surface area contributed by atoms with Crippen molar-refractivity contribution in [2.24, 2.45) is 0 Å². The average molecular weight is 228 g/mol. The predicted molar refractivity (Wildman–Crippen MR) is 51.9 cm³/mol. The Hall–Kier alpha value is -0.765. The van der Waals surface area contributed by atoms with Gasteiger partial charge in [0.25, 0.3) is 0 Å². The van der Waals surface area contributed by atoms with E-state index in [1.54, 1.807) is 0 Å². The Morgan fingerprint density at radius 2 is 1.33 bits per heavy atom. The predicted octanol–water partition coefficient (Wildman–Crippen LogP) is 1.51. The van der Waals surface area contributed by atoms with Crippen molar-refractivity contribution in [3.05, 3.63) is 0 Å². The molecule has 2 nitrogen and oxygen atoms in total. The third-order valence-electron chi connectivity index (χ3n) is 1.77. The summed E-state index contributed by atoms with van der Waals surface area (Å²) >= 11 is 0. The minimum Gasteiger partial charge on any atom is -0.418 e. The van der Waals surface area contributed by atoms with Crippen molar-refractivity contribution in [1.29, 1.82) is 5.26 Å². The molecule has 0 aliphatic carbocycles. The molecule has 0 aromatic heterocycles. The maximum Gasteiger partial charge on any atom is 0.673 e. The van der Waals surface area contributed by atoms with E-state index in [1.807, 2.05) is 0 Å². The summed E-state index contributed by atoms with van der Waals surface area (Å²) in [7, 11) is -6.00. The third-order valence-corrected chi connectivity index (χ3v) is 1.77. The molecule has 90 valence electrons. The van der Waals surface area contributed by atoms with Gasteiger partial charge in [0.2, 0.25) is 0 Å². The summed E-state index contributed by atoms with van der Waals surface area (Å²) in [5.74, 6) is 0. The number of halogens is 4. The first-order valence-electron chi connectivity index (χ1n) is 4.69. The molecule has 0 heterocycles. The van der Waals surface area contributed by atoms with Crippen LogP contribution in [0.5, 0.6) is 0 Å². The first-order chi connectivity index (χ1) is 6.59. The van der Waals surface area contributed by atoms with Gasteiger partial charge in [-0.2, -0.15) is 5.26 Å². The van der Waals surface area contributed by atoms with E-state index >= 15 is 0 Å². The fraction of sp³-hybridized carbons (Fsp3) is 0.875. The van der Waals surface area contributed by atoms with Gasteiger partial charge in [-0.3, -0.25) is 0 Å². The Kier molecular flexibility index (Phi) is 8.35. The Balaban J connectivity index is 0. The molecule has 1 N–H and O–H groups in total. The summed E-state index contributed by atoms with van der Waals surface area (Å²) in [5.41, 5.74) is 0. The normalized spacial score (nSPS) is 11.3. The van der Waals surface area contributed by atoms with Gasteiger partial charge in [-0.15, -0.1) is 0 Å². The van der Waals surface area contributed by atoms with E-state index in [0.29, 0.717) is 18.6 Å². The fourth-order valence-corrected chi connectivity index (χ4v) is 1.17. The van der Waals surface area contributed by atoms with E-state index in [0.717, 1.165) is 0 Å². The van der Waals surface area contributed by atoms with E-state index in [1.165, 1.54) is 4.90 Å². The lowest BCUT2D eigenvalue weighted by Gasteiger charge is -2.24. The summed E-state index contributed by atoms with van der Waals surface area (Å²) in [6, 6.07) is 3.30. The van der Waals surface area contributed by atoms with Crippen LogP contribution in [0.3, 0.4) is 0 Å². The van der Waals surface area contributed by atoms with Crippen molar-refractivity contribution < 1.29 is 22.2 Å². The van der Waals surface area contributed by atoms with Crippen LogP contribution in [0.1, 0.15) is 27.7 Å². The number of hydrogen-bond acceptors (Lipinski definition) is 1. The number of nitrogens with one attached hydrogen (secondary N) is 1. The average Bonchev–Trinajstić information content (AvgIpc) is 1.95. The van der Waals surface area contributed by atoms with E-state index in [2.05, 4.69) is 33.8 Å². The molecule has 0 aromatic rings. The highest BCUT2D eigenvalue weighted by Crippen LogP contribution is 2.06. The minimum absolute atomic E-state index is 0.555.